The van der Waals surface area contributed by atoms with E-state index in [1.165, 1.54) is 11.3 Å². The number of anilines is 1. The first-order chi connectivity index (χ1) is 10.0. The molecule has 7 nitrogen and oxygen atoms in total. The second kappa shape index (κ2) is 6.84. The SMILES string of the molecule is CCc1nnc(NC(=O)NC2(CC(=O)O)CCCCC2)s1. The van der Waals surface area contributed by atoms with Crippen LogP contribution in [0.15, 0.2) is 0 Å². The summed E-state index contributed by atoms with van der Waals surface area (Å²) >= 11 is 1.33. The number of hydrogen-bond acceptors (Lipinski definition) is 5. The van der Waals surface area contributed by atoms with E-state index in [0.29, 0.717) is 18.0 Å². The fourth-order valence-corrected chi connectivity index (χ4v) is 3.35. The van der Waals surface area contributed by atoms with Crippen molar-refractivity contribution in [2.24, 2.45) is 0 Å². The van der Waals surface area contributed by atoms with Crippen molar-refractivity contribution in [3.63, 3.8) is 0 Å². The number of aromatic nitrogens is 2. The number of hydrogen-bond donors (Lipinski definition) is 3. The summed E-state index contributed by atoms with van der Waals surface area (Å²) < 4.78 is 0. The van der Waals surface area contributed by atoms with Crippen molar-refractivity contribution < 1.29 is 14.7 Å². The summed E-state index contributed by atoms with van der Waals surface area (Å²) in [6.45, 7) is 1.97. The third-order valence-corrected chi connectivity index (χ3v) is 4.65. The van der Waals surface area contributed by atoms with Gasteiger partial charge in [-0.15, -0.1) is 10.2 Å². The highest BCUT2D eigenvalue weighted by Crippen LogP contribution is 2.31. The van der Waals surface area contributed by atoms with Crippen molar-refractivity contribution in [3.05, 3.63) is 5.01 Å². The number of nitrogens with zero attached hydrogens (tertiary/aromatic N) is 2. The van der Waals surface area contributed by atoms with Crippen LogP contribution in [0.5, 0.6) is 0 Å². The highest BCUT2D eigenvalue weighted by molar-refractivity contribution is 7.15. The summed E-state index contributed by atoms with van der Waals surface area (Å²) in [6, 6.07) is -0.406. The molecule has 0 aliphatic heterocycles. The number of carbonyl (C=O) groups excluding carboxylic acids is 1. The number of urea groups is 1. The molecule has 8 heteroatoms. The zero-order valence-electron chi connectivity index (χ0n) is 12.0. The maximum Gasteiger partial charge on any atom is 0.321 e. The van der Waals surface area contributed by atoms with E-state index >= 15 is 0 Å². The van der Waals surface area contributed by atoms with Crippen LogP contribution in [0.1, 0.15) is 50.5 Å². The minimum atomic E-state index is -0.888. The van der Waals surface area contributed by atoms with E-state index in [0.717, 1.165) is 30.7 Å². The number of aryl methyl sites for hydroxylation is 1. The Bertz CT molecular complexity index is 511. The molecule has 0 bridgehead atoms. The maximum absolute atomic E-state index is 12.1. The van der Waals surface area contributed by atoms with Gasteiger partial charge >= 0.3 is 12.0 Å². The molecule has 116 valence electrons. The molecule has 1 aliphatic carbocycles. The largest absolute Gasteiger partial charge is 0.481 e. The maximum atomic E-state index is 12.1. The first-order valence-corrected chi connectivity index (χ1v) is 7.98. The molecule has 1 aromatic heterocycles. The number of nitrogens with one attached hydrogen (secondary N) is 2. The molecule has 0 atom stereocenters. The summed E-state index contributed by atoms with van der Waals surface area (Å²) in [5, 5.41) is 23.7. The van der Waals surface area contributed by atoms with E-state index in [2.05, 4.69) is 20.8 Å². The van der Waals surface area contributed by atoms with E-state index in [1.807, 2.05) is 6.92 Å². The van der Waals surface area contributed by atoms with Crippen LogP contribution in [-0.2, 0) is 11.2 Å². The Morgan fingerprint density at radius 3 is 2.57 bits per heavy atom. The molecule has 2 amide bonds. The van der Waals surface area contributed by atoms with Crippen molar-refractivity contribution in [3.8, 4) is 0 Å². The molecule has 0 unspecified atom stereocenters. The van der Waals surface area contributed by atoms with Crippen LogP contribution in [0, 0.1) is 0 Å². The number of carboxylic acids is 1. The van der Waals surface area contributed by atoms with Gasteiger partial charge in [-0.3, -0.25) is 10.1 Å². The molecular weight excluding hydrogens is 292 g/mol. The molecular formula is C13H20N4O3S. The van der Waals surface area contributed by atoms with Gasteiger partial charge in [0.05, 0.1) is 12.0 Å². The minimum absolute atomic E-state index is 0.0449. The van der Waals surface area contributed by atoms with Crippen LogP contribution >= 0.6 is 11.3 Å². The molecule has 21 heavy (non-hydrogen) atoms. The summed E-state index contributed by atoms with van der Waals surface area (Å²) in [6.07, 6.45) is 5.08. The van der Waals surface area contributed by atoms with Crippen molar-refractivity contribution in [1.29, 1.82) is 0 Å². The van der Waals surface area contributed by atoms with E-state index in [9.17, 15) is 9.59 Å². The van der Waals surface area contributed by atoms with Gasteiger partial charge in [0.15, 0.2) is 0 Å². The van der Waals surface area contributed by atoms with Gasteiger partial charge in [-0.05, 0) is 19.3 Å². The number of carbonyl (C=O) groups is 2. The lowest BCUT2D eigenvalue weighted by atomic mass is 9.79. The van der Waals surface area contributed by atoms with E-state index in [1.54, 1.807) is 0 Å². The Labute approximate surface area is 127 Å². The standard InChI is InChI=1S/C13H20N4O3S/c1-2-9-16-17-12(21-9)14-11(20)15-13(8-10(18)19)6-4-3-5-7-13/h2-8H2,1H3,(H,18,19)(H2,14,15,17,20). The Kier molecular flexibility index (Phi) is 5.11. The van der Waals surface area contributed by atoms with Crippen LogP contribution < -0.4 is 10.6 Å². The van der Waals surface area contributed by atoms with Crippen LogP contribution in [0.25, 0.3) is 0 Å². The third-order valence-electron chi connectivity index (χ3n) is 3.67. The Hall–Kier alpha value is -1.70. The fraction of sp³-hybridized carbons (Fsp3) is 0.692. The van der Waals surface area contributed by atoms with Crippen LogP contribution in [-0.4, -0.2) is 32.8 Å². The van der Waals surface area contributed by atoms with Crippen molar-refractivity contribution in [1.82, 2.24) is 15.5 Å². The minimum Gasteiger partial charge on any atom is -0.481 e. The molecule has 3 N–H and O–H groups in total. The monoisotopic (exact) mass is 312 g/mol. The topological polar surface area (TPSA) is 104 Å². The Balaban J connectivity index is 1.98. The Morgan fingerprint density at radius 2 is 2.00 bits per heavy atom. The van der Waals surface area contributed by atoms with Gasteiger partial charge in [0.1, 0.15) is 5.01 Å². The van der Waals surface area contributed by atoms with E-state index in [4.69, 9.17) is 5.11 Å². The van der Waals surface area contributed by atoms with Crippen LogP contribution in [0.2, 0.25) is 0 Å². The quantitative estimate of drug-likeness (QED) is 0.774. The lowest BCUT2D eigenvalue weighted by Crippen LogP contribution is -2.52. The lowest BCUT2D eigenvalue weighted by molar-refractivity contribution is -0.138. The molecule has 0 saturated heterocycles. The molecule has 0 radical (unpaired) electrons. The molecule has 1 fully saturated rings. The summed E-state index contributed by atoms with van der Waals surface area (Å²) in [7, 11) is 0. The van der Waals surface area contributed by atoms with Gasteiger partial charge in [0.25, 0.3) is 0 Å². The molecule has 1 aliphatic rings. The number of carboxylic acid groups (broad SMARTS) is 1. The summed E-state index contributed by atoms with van der Waals surface area (Å²) in [5.41, 5.74) is -0.646. The van der Waals surface area contributed by atoms with Crippen molar-refractivity contribution in [2.45, 2.75) is 57.4 Å². The average molecular weight is 312 g/mol. The van der Waals surface area contributed by atoms with Gasteiger partial charge in [-0.2, -0.15) is 0 Å². The van der Waals surface area contributed by atoms with Crippen molar-refractivity contribution in [2.75, 3.05) is 5.32 Å². The molecule has 1 aromatic rings. The summed E-state index contributed by atoms with van der Waals surface area (Å²) in [4.78, 5) is 23.2. The lowest BCUT2D eigenvalue weighted by Gasteiger charge is -2.36. The Morgan fingerprint density at radius 1 is 1.29 bits per heavy atom. The fourth-order valence-electron chi connectivity index (χ4n) is 2.68. The average Bonchev–Trinajstić information content (AvgIpc) is 2.86. The first-order valence-electron chi connectivity index (χ1n) is 7.16. The van der Waals surface area contributed by atoms with Gasteiger partial charge in [0, 0.05) is 0 Å². The van der Waals surface area contributed by atoms with Gasteiger partial charge in [-0.1, -0.05) is 37.5 Å². The van der Waals surface area contributed by atoms with Gasteiger partial charge in [-0.25, -0.2) is 4.79 Å². The highest BCUT2D eigenvalue weighted by Gasteiger charge is 2.36. The van der Waals surface area contributed by atoms with Gasteiger partial charge in [0.2, 0.25) is 5.13 Å². The molecule has 0 aromatic carbocycles. The zero-order chi connectivity index (χ0) is 15.3. The molecule has 0 spiro atoms. The third kappa shape index (κ3) is 4.38. The van der Waals surface area contributed by atoms with Crippen LogP contribution in [0.4, 0.5) is 9.93 Å². The molecule has 1 heterocycles. The number of amides is 2. The van der Waals surface area contributed by atoms with Crippen LogP contribution in [0.3, 0.4) is 0 Å². The van der Waals surface area contributed by atoms with Crippen molar-refractivity contribution >= 4 is 28.5 Å². The molecule has 2 rings (SSSR count). The molecule has 1 saturated carbocycles. The highest BCUT2D eigenvalue weighted by atomic mass is 32.1. The zero-order valence-corrected chi connectivity index (χ0v) is 12.8. The van der Waals surface area contributed by atoms with Gasteiger partial charge < -0.3 is 10.4 Å². The smallest absolute Gasteiger partial charge is 0.321 e. The summed E-state index contributed by atoms with van der Waals surface area (Å²) in [5.74, 6) is -0.888. The van der Waals surface area contributed by atoms with E-state index in [-0.39, 0.29) is 6.42 Å². The van der Waals surface area contributed by atoms with E-state index < -0.39 is 17.5 Å². The predicted molar refractivity (Wildman–Crippen MR) is 79.5 cm³/mol. The second-order valence-electron chi connectivity index (χ2n) is 5.35. The number of aliphatic carboxylic acids is 1. The number of rotatable bonds is 5. The second-order valence-corrected chi connectivity index (χ2v) is 6.41. The predicted octanol–water partition coefficient (Wildman–Crippen LogP) is 2.40. The normalized spacial score (nSPS) is 17.2. The first kappa shape index (κ1) is 15.7.